The summed E-state index contributed by atoms with van der Waals surface area (Å²) in [5.41, 5.74) is 3.28. The number of hydrogen-bond donors (Lipinski definition) is 3. The predicted octanol–water partition coefficient (Wildman–Crippen LogP) is 2.70. The third-order valence-corrected chi connectivity index (χ3v) is 4.03. The van der Waals surface area contributed by atoms with Gasteiger partial charge in [0.1, 0.15) is 5.75 Å². The van der Waals surface area contributed by atoms with Gasteiger partial charge in [-0.05, 0) is 35.6 Å². The van der Waals surface area contributed by atoms with E-state index in [1.54, 1.807) is 6.07 Å². The number of nitrogens with one attached hydrogen (secondary N) is 1. The Kier molecular flexibility index (Phi) is 3.72. The van der Waals surface area contributed by atoms with E-state index >= 15 is 0 Å². The molecule has 1 unspecified atom stereocenters. The highest BCUT2D eigenvalue weighted by atomic mass is 16.3. The first kappa shape index (κ1) is 13.2. The van der Waals surface area contributed by atoms with E-state index in [1.807, 2.05) is 36.4 Å². The zero-order valence-corrected chi connectivity index (χ0v) is 11.3. The molecule has 104 valence electrons. The molecule has 3 rings (SSSR count). The third-order valence-electron chi connectivity index (χ3n) is 4.03. The van der Waals surface area contributed by atoms with E-state index in [-0.39, 0.29) is 18.7 Å². The monoisotopic (exact) mass is 269 g/mol. The summed E-state index contributed by atoms with van der Waals surface area (Å²) in [5, 5.41) is 23.0. The van der Waals surface area contributed by atoms with Crippen molar-refractivity contribution in [1.82, 2.24) is 5.32 Å². The average Bonchev–Trinajstić information content (AvgIpc) is 2.90. The van der Waals surface area contributed by atoms with Gasteiger partial charge in [0, 0.05) is 6.04 Å². The number of aliphatic hydroxyl groups is 1. The van der Waals surface area contributed by atoms with Crippen LogP contribution in [-0.2, 0) is 6.42 Å². The number of phenols is 1. The summed E-state index contributed by atoms with van der Waals surface area (Å²) < 4.78 is 0. The van der Waals surface area contributed by atoms with Crippen LogP contribution >= 0.6 is 0 Å². The molecule has 2 aromatic rings. The minimum atomic E-state index is -0.0745. The topological polar surface area (TPSA) is 52.5 Å². The maximum atomic E-state index is 9.88. The maximum Gasteiger partial charge on any atom is 0.119 e. The van der Waals surface area contributed by atoms with Crippen molar-refractivity contribution in [2.75, 3.05) is 6.61 Å². The van der Waals surface area contributed by atoms with Gasteiger partial charge in [-0.15, -0.1) is 0 Å². The van der Waals surface area contributed by atoms with Crippen LogP contribution in [0.3, 0.4) is 0 Å². The van der Waals surface area contributed by atoms with Crippen molar-refractivity contribution < 1.29 is 10.2 Å². The fourth-order valence-electron chi connectivity index (χ4n) is 2.99. The molecule has 0 saturated carbocycles. The first-order valence-corrected chi connectivity index (χ1v) is 7.02. The van der Waals surface area contributed by atoms with E-state index in [4.69, 9.17) is 0 Å². The van der Waals surface area contributed by atoms with Gasteiger partial charge in [0.2, 0.25) is 0 Å². The number of benzene rings is 2. The molecule has 0 fully saturated rings. The molecule has 0 radical (unpaired) electrons. The molecule has 1 aliphatic carbocycles. The van der Waals surface area contributed by atoms with Crippen molar-refractivity contribution >= 4 is 0 Å². The van der Waals surface area contributed by atoms with Gasteiger partial charge in [0.25, 0.3) is 0 Å². The van der Waals surface area contributed by atoms with Gasteiger partial charge >= 0.3 is 0 Å². The van der Waals surface area contributed by atoms with Crippen LogP contribution in [0.5, 0.6) is 5.75 Å². The van der Waals surface area contributed by atoms with E-state index in [0.29, 0.717) is 5.75 Å². The highest BCUT2D eigenvalue weighted by Crippen LogP contribution is 2.37. The molecule has 20 heavy (non-hydrogen) atoms. The van der Waals surface area contributed by atoms with Gasteiger partial charge in [0.15, 0.2) is 0 Å². The number of rotatable bonds is 4. The van der Waals surface area contributed by atoms with Crippen molar-refractivity contribution in [2.24, 2.45) is 0 Å². The molecule has 2 aromatic carbocycles. The van der Waals surface area contributed by atoms with E-state index in [0.717, 1.165) is 29.5 Å². The lowest BCUT2D eigenvalue weighted by molar-refractivity contribution is 0.233. The second-order valence-electron chi connectivity index (χ2n) is 5.25. The fourth-order valence-corrected chi connectivity index (χ4v) is 2.99. The zero-order chi connectivity index (χ0) is 13.9. The van der Waals surface area contributed by atoms with Gasteiger partial charge in [0.05, 0.1) is 12.6 Å². The van der Waals surface area contributed by atoms with Crippen molar-refractivity contribution in [3.8, 4) is 5.75 Å². The first-order chi connectivity index (χ1) is 9.79. The number of aromatic hydroxyl groups is 1. The summed E-state index contributed by atoms with van der Waals surface area (Å²) in [5.74, 6) is 0.382. The molecule has 0 aromatic heterocycles. The fraction of sp³-hybridized carbons (Fsp3) is 0.294. The molecule has 3 N–H and O–H groups in total. The second-order valence-corrected chi connectivity index (χ2v) is 5.25. The van der Waals surface area contributed by atoms with Crippen LogP contribution in [-0.4, -0.2) is 16.8 Å². The van der Waals surface area contributed by atoms with Crippen LogP contribution in [0.15, 0.2) is 48.5 Å². The summed E-state index contributed by atoms with van der Waals surface area (Å²) >= 11 is 0. The van der Waals surface area contributed by atoms with Gasteiger partial charge in [-0.3, -0.25) is 0 Å². The maximum absolute atomic E-state index is 9.88. The molecule has 0 bridgehead atoms. The molecule has 2 atom stereocenters. The Balaban J connectivity index is 1.81. The Morgan fingerprint density at radius 2 is 1.90 bits per heavy atom. The minimum Gasteiger partial charge on any atom is -0.508 e. The largest absolute Gasteiger partial charge is 0.508 e. The van der Waals surface area contributed by atoms with E-state index in [2.05, 4.69) is 11.4 Å². The molecule has 0 amide bonds. The lowest BCUT2D eigenvalue weighted by Crippen LogP contribution is -2.27. The number of aliphatic hydroxyl groups excluding tert-OH is 1. The van der Waals surface area contributed by atoms with Crippen molar-refractivity contribution in [2.45, 2.75) is 24.9 Å². The molecule has 3 nitrogen and oxygen atoms in total. The van der Waals surface area contributed by atoms with Crippen molar-refractivity contribution in [3.63, 3.8) is 0 Å². The molecule has 3 heteroatoms. The lowest BCUT2D eigenvalue weighted by Gasteiger charge is -2.22. The molecule has 0 saturated heterocycles. The standard InChI is InChI=1S/C17H19NO2/c19-11-16(12-5-2-1-3-6-12)18-15-10-9-14-13(15)7-4-8-17(14)20/h1-8,15-16,18-20H,9-11H2/t15?,16-/m0/s1. The number of phenolic OH excluding ortho intramolecular Hbond substituents is 1. The van der Waals surface area contributed by atoms with Crippen LogP contribution in [0.1, 0.15) is 35.2 Å². The van der Waals surface area contributed by atoms with Crippen molar-refractivity contribution in [1.29, 1.82) is 0 Å². The van der Waals surface area contributed by atoms with Crippen LogP contribution in [0, 0.1) is 0 Å². The van der Waals surface area contributed by atoms with Gasteiger partial charge < -0.3 is 15.5 Å². The van der Waals surface area contributed by atoms with Gasteiger partial charge in [-0.25, -0.2) is 0 Å². The summed E-state index contributed by atoms with van der Waals surface area (Å²) in [6.45, 7) is 0.0641. The summed E-state index contributed by atoms with van der Waals surface area (Å²) in [6, 6.07) is 15.8. The van der Waals surface area contributed by atoms with E-state index in [9.17, 15) is 10.2 Å². The third kappa shape index (κ3) is 2.42. The van der Waals surface area contributed by atoms with Crippen molar-refractivity contribution in [3.05, 3.63) is 65.2 Å². The first-order valence-electron chi connectivity index (χ1n) is 7.02. The summed E-state index contributed by atoms with van der Waals surface area (Å²) in [6.07, 6.45) is 1.84. The Labute approximate surface area is 118 Å². The van der Waals surface area contributed by atoms with Crippen LogP contribution in [0.2, 0.25) is 0 Å². The van der Waals surface area contributed by atoms with Crippen LogP contribution in [0.4, 0.5) is 0 Å². The summed E-state index contributed by atoms with van der Waals surface area (Å²) in [4.78, 5) is 0. The number of fused-ring (bicyclic) bond motifs is 1. The Morgan fingerprint density at radius 1 is 1.10 bits per heavy atom. The quantitative estimate of drug-likeness (QED) is 0.800. The van der Waals surface area contributed by atoms with E-state index < -0.39 is 0 Å². The lowest BCUT2D eigenvalue weighted by atomic mass is 10.0. The van der Waals surface area contributed by atoms with Crippen LogP contribution < -0.4 is 5.32 Å². The molecular weight excluding hydrogens is 250 g/mol. The Hall–Kier alpha value is -1.84. The van der Waals surface area contributed by atoms with Gasteiger partial charge in [-0.2, -0.15) is 0 Å². The minimum absolute atomic E-state index is 0.0641. The Morgan fingerprint density at radius 3 is 2.65 bits per heavy atom. The average molecular weight is 269 g/mol. The molecular formula is C17H19NO2. The summed E-state index contributed by atoms with van der Waals surface area (Å²) in [7, 11) is 0. The molecule has 0 aliphatic heterocycles. The Bertz CT molecular complexity index is 583. The highest BCUT2D eigenvalue weighted by Gasteiger charge is 2.26. The SMILES string of the molecule is OC[C@H](NC1CCc2c(O)cccc21)c1ccccc1. The zero-order valence-electron chi connectivity index (χ0n) is 11.3. The normalized spacial score (nSPS) is 18.8. The highest BCUT2D eigenvalue weighted by molar-refractivity contribution is 5.44. The smallest absolute Gasteiger partial charge is 0.119 e. The number of hydrogen-bond acceptors (Lipinski definition) is 3. The van der Waals surface area contributed by atoms with E-state index in [1.165, 1.54) is 0 Å². The predicted molar refractivity (Wildman–Crippen MR) is 78.6 cm³/mol. The van der Waals surface area contributed by atoms with Gasteiger partial charge in [-0.1, -0.05) is 42.5 Å². The van der Waals surface area contributed by atoms with Crippen LogP contribution in [0.25, 0.3) is 0 Å². The molecule has 0 heterocycles. The molecule has 0 spiro atoms. The molecule has 1 aliphatic rings. The second kappa shape index (κ2) is 5.65.